The number of H-pyrrole nitrogens is 1. The maximum absolute atomic E-state index is 6.05. The summed E-state index contributed by atoms with van der Waals surface area (Å²) in [6.45, 7) is 3.98. The largest absolute Gasteiger partial charge is 0.328 e. The maximum Gasteiger partial charge on any atom is 0.204 e. The molecule has 0 aliphatic heterocycles. The molecule has 2 aromatic rings. The first-order chi connectivity index (χ1) is 7.15. The van der Waals surface area contributed by atoms with E-state index in [0.29, 0.717) is 11.0 Å². The van der Waals surface area contributed by atoms with Gasteiger partial charge in [0.2, 0.25) is 5.95 Å². The summed E-state index contributed by atoms with van der Waals surface area (Å²) in [5.41, 5.74) is 3.04. The Hall–Kier alpha value is -1.48. The van der Waals surface area contributed by atoms with E-state index < -0.39 is 0 Å². The Bertz CT molecular complexity index is 476. The van der Waals surface area contributed by atoms with E-state index in [9.17, 15) is 0 Å². The van der Waals surface area contributed by atoms with Crippen molar-refractivity contribution >= 4 is 23.2 Å². The number of aromatic amines is 1. The van der Waals surface area contributed by atoms with Crippen LogP contribution in [0.5, 0.6) is 0 Å². The minimum Gasteiger partial charge on any atom is -0.328 e. The van der Waals surface area contributed by atoms with E-state index in [1.807, 2.05) is 32.0 Å². The fourth-order valence-corrected chi connectivity index (χ4v) is 1.50. The number of hydrogen-bond donors (Lipinski definition) is 2. The molecule has 0 aliphatic carbocycles. The lowest BCUT2D eigenvalue weighted by atomic mass is 10.2. The summed E-state index contributed by atoms with van der Waals surface area (Å²) in [5.74, 6) is 0.708. The Morgan fingerprint density at radius 3 is 2.80 bits per heavy atom. The summed E-state index contributed by atoms with van der Waals surface area (Å²) in [7, 11) is 0. The van der Waals surface area contributed by atoms with Crippen LogP contribution in [0.25, 0.3) is 0 Å². The van der Waals surface area contributed by atoms with Crippen LogP contribution < -0.4 is 5.32 Å². The zero-order valence-corrected chi connectivity index (χ0v) is 9.39. The smallest absolute Gasteiger partial charge is 0.204 e. The average molecular weight is 222 g/mol. The minimum atomic E-state index is 0.689. The number of hydrogen-bond acceptors (Lipinski definition) is 2. The van der Waals surface area contributed by atoms with Gasteiger partial charge in [0, 0.05) is 11.9 Å². The summed E-state index contributed by atoms with van der Waals surface area (Å²) in [5, 5.41) is 3.82. The number of anilines is 2. The molecule has 0 atom stereocenters. The van der Waals surface area contributed by atoms with Gasteiger partial charge in [-0.15, -0.1) is 0 Å². The van der Waals surface area contributed by atoms with E-state index in [-0.39, 0.29) is 0 Å². The van der Waals surface area contributed by atoms with Gasteiger partial charge in [-0.2, -0.15) is 0 Å². The van der Waals surface area contributed by atoms with E-state index in [2.05, 4.69) is 15.3 Å². The molecule has 0 spiro atoms. The molecular weight excluding hydrogens is 210 g/mol. The lowest BCUT2D eigenvalue weighted by Crippen LogP contribution is -1.93. The quantitative estimate of drug-likeness (QED) is 0.816. The highest BCUT2D eigenvalue weighted by Crippen LogP contribution is 2.25. The van der Waals surface area contributed by atoms with Crippen LogP contribution in [0.15, 0.2) is 24.4 Å². The van der Waals surface area contributed by atoms with Gasteiger partial charge < -0.3 is 10.3 Å². The number of rotatable bonds is 2. The van der Waals surface area contributed by atoms with Crippen LogP contribution >= 0.6 is 11.6 Å². The molecule has 2 N–H and O–H groups in total. The molecule has 0 unspecified atom stereocenters. The lowest BCUT2D eigenvalue weighted by Gasteiger charge is -2.06. The molecule has 78 valence electrons. The first kappa shape index (κ1) is 10.1. The highest BCUT2D eigenvalue weighted by atomic mass is 35.5. The van der Waals surface area contributed by atoms with E-state index in [0.717, 1.165) is 16.9 Å². The molecule has 0 amide bonds. The number of nitrogens with zero attached hydrogens (tertiary/aromatic N) is 1. The number of aryl methyl sites for hydroxylation is 2. The second-order valence-electron chi connectivity index (χ2n) is 3.52. The Labute approximate surface area is 93.5 Å². The Morgan fingerprint density at radius 1 is 1.33 bits per heavy atom. The van der Waals surface area contributed by atoms with Crippen molar-refractivity contribution in [3.05, 3.63) is 40.7 Å². The van der Waals surface area contributed by atoms with Crippen molar-refractivity contribution in [2.75, 3.05) is 5.32 Å². The van der Waals surface area contributed by atoms with Crippen LogP contribution in [0, 0.1) is 13.8 Å². The van der Waals surface area contributed by atoms with Gasteiger partial charge in [-0.1, -0.05) is 17.7 Å². The molecule has 1 aromatic carbocycles. The van der Waals surface area contributed by atoms with Crippen molar-refractivity contribution in [3.8, 4) is 0 Å². The molecule has 3 nitrogen and oxygen atoms in total. The Morgan fingerprint density at radius 2 is 2.13 bits per heavy atom. The molecule has 2 rings (SSSR count). The number of halogens is 1. The van der Waals surface area contributed by atoms with Gasteiger partial charge in [-0.3, -0.25) is 0 Å². The highest BCUT2D eigenvalue weighted by molar-refractivity contribution is 6.33. The van der Waals surface area contributed by atoms with Crippen LogP contribution in [0.3, 0.4) is 0 Å². The fraction of sp³-hybridized carbons (Fsp3) is 0.182. The SMILES string of the molecule is Cc1ccc(Cl)c(Nc2ncc(C)[nH]2)c1. The standard InChI is InChI=1S/C11H12ClN3/c1-7-3-4-9(12)10(5-7)15-11-13-6-8(2)14-11/h3-6H,1-2H3,(H2,13,14,15). The van der Waals surface area contributed by atoms with Crippen LogP contribution in [0.4, 0.5) is 11.6 Å². The van der Waals surface area contributed by atoms with E-state index in [1.165, 1.54) is 0 Å². The van der Waals surface area contributed by atoms with Gasteiger partial charge in [-0.25, -0.2) is 4.98 Å². The molecule has 0 bridgehead atoms. The van der Waals surface area contributed by atoms with Crippen molar-refractivity contribution in [3.63, 3.8) is 0 Å². The third-order valence-corrected chi connectivity index (χ3v) is 2.41. The zero-order valence-electron chi connectivity index (χ0n) is 8.63. The van der Waals surface area contributed by atoms with E-state index in [1.54, 1.807) is 6.20 Å². The molecule has 15 heavy (non-hydrogen) atoms. The van der Waals surface area contributed by atoms with Gasteiger partial charge >= 0.3 is 0 Å². The first-order valence-corrected chi connectivity index (χ1v) is 5.08. The molecule has 0 fully saturated rings. The van der Waals surface area contributed by atoms with Gasteiger partial charge in [-0.05, 0) is 31.5 Å². The Kier molecular flexibility index (Phi) is 2.64. The van der Waals surface area contributed by atoms with E-state index in [4.69, 9.17) is 11.6 Å². The van der Waals surface area contributed by atoms with Crippen LogP contribution in [0.1, 0.15) is 11.3 Å². The van der Waals surface area contributed by atoms with Gasteiger partial charge in [0.15, 0.2) is 0 Å². The van der Waals surface area contributed by atoms with Crippen molar-refractivity contribution in [1.82, 2.24) is 9.97 Å². The summed E-state index contributed by atoms with van der Waals surface area (Å²) < 4.78 is 0. The summed E-state index contributed by atoms with van der Waals surface area (Å²) in [4.78, 5) is 7.25. The number of benzene rings is 1. The first-order valence-electron chi connectivity index (χ1n) is 4.70. The van der Waals surface area contributed by atoms with Crippen molar-refractivity contribution in [2.24, 2.45) is 0 Å². The maximum atomic E-state index is 6.05. The molecule has 0 saturated carbocycles. The normalized spacial score (nSPS) is 10.3. The van der Waals surface area contributed by atoms with Crippen molar-refractivity contribution in [2.45, 2.75) is 13.8 Å². The highest BCUT2D eigenvalue weighted by Gasteiger charge is 2.02. The summed E-state index contributed by atoms with van der Waals surface area (Å²) in [6.07, 6.45) is 1.77. The van der Waals surface area contributed by atoms with Gasteiger partial charge in [0.1, 0.15) is 0 Å². The molecule has 1 aromatic heterocycles. The fourth-order valence-electron chi connectivity index (χ4n) is 1.34. The predicted octanol–water partition coefficient (Wildman–Crippen LogP) is 3.42. The number of aromatic nitrogens is 2. The van der Waals surface area contributed by atoms with Crippen molar-refractivity contribution in [1.29, 1.82) is 0 Å². The molecule has 4 heteroatoms. The van der Waals surface area contributed by atoms with Gasteiger partial charge in [0.05, 0.1) is 10.7 Å². The lowest BCUT2D eigenvalue weighted by molar-refractivity contribution is 1.24. The van der Waals surface area contributed by atoms with E-state index >= 15 is 0 Å². The van der Waals surface area contributed by atoms with Crippen LogP contribution in [-0.4, -0.2) is 9.97 Å². The third kappa shape index (κ3) is 2.30. The molecule has 1 heterocycles. The van der Waals surface area contributed by atoms with Crippen molar-refractivity contribution < 1.29 is 0 Å². The molecule has 0 aliphatic rings. The van der Waals surface area contributed by atoms with Gasteiger partial charge in [0.25, 0.3) is 0 Å². The van der Waals surface area contributed by atoms with Crippen LogP contribution in [-0.2, 0) is 0 Å². The molecule has 0 radical (unpaired) electrons. The second-order valence-corrected chi connectivity index (χ2v) is 3.93. The monoisotopic (exact) mass is 221 g/mol. The van der Waals surface area contributed by atoms with Crippen LogP contribution in [0.2, 0.25) is 5.02 Å². The Balaban J connectivity index is 2.27. The predicted molar refractivity (Wildman–Crippen MR) is 62.8 cm³/mol. The molecule has 0 saturated heterocycles. The zero-order chi connectivity index (χ0) is 10.8. The summed E-state index contributed by atoms with van der Waals surface area (Å²) >= 11 is 6.05. The number of imidazole rings is 1. The number of nitrogens with one attached hydrogen (secondary N) is 2. The molecular formula is C11H12ClN3. The minimum absolute atomic E-state index is 0.689. The third-order valence-electron chi connectivity index (χ3n) is 2.08. The average Bonchev–Trinajstić information content (AvgIpc) is 2.58. The summed E-state index contributed by atoms with van der Waals surface area (Å²) in [6, 6.07) is 5.83. The topological polar surface area (TPSA) is 40.7 Å². The second kappa shape index (κ2) is 3.95.